The van der Waals surface area contributed by atoms with Crippen molar-refractivity contribution in [3.63, 3.8) is 0 Å². The van der Waals surface area contributed by atoms with Crippen LogP contribution in [-0.4, -0.2) is 32.5 Å². The van der Waals surface area contributed by atoms with E-state index in [9.17, 15) is 4.79 Å². The van der Waals surface area contributed by atoms with Gasteiger partial charge >= 0.3 is 0 Å². The molecular weight excluding hydrogens is 360 g/mol. The molecule has 0 radical (unpaired) electrons. The molecule has 0 fully saturated rings. The van der Waals surface area contributed by atoms with E-state index in [4.69, 9.17) is 4.74 Å². The number of rotatable bonds is 7. The Morgan fingerprint density at radius 1 is 1.22 bits per heavy atom. The molecule has 27 heavy (non-hydrogen) atoms. The Labute approximate surface area is 163 Å². The van der Waals surface area contributed by atoms with Crippen molar-refractivity contribution in [1.29, 1.82) is 0 Å². The molecule has 1 amide bonds. The molecule has 7 heteroatoms. The smallest absolute Gasteiger partial charge is 0.237 e. The van der Waals surface area contributed by atoms with Gasteiger partial charge in [-0.2, -0.15) is 0 Å². The van der Waals surface area contributed by atoms with Crippen LogP contribution in [0.2, 0.25) is 0 Å². The lowest BCUT2D eigenvalue weighted by molar-refractivity contribution is -0.115. The van der Waals surface area contributed by atoms with Crippen LogP contribution in [0.1, 0.15) is 19.4 Å². The Bertz CT molecular complexity index is 926. The fourth-order valence-corrected chi connectivity index (χ4v) is 3.44. The van der Waals surface area contributed by atoms with Gasteiger partial charge in [-0.05, 0) is 44.5 Å². The van der Waals surface area contributed by atoms with Gasteiger partial charge in [0.15, 0.2) is 5.16 Å². The molecule has 1 heterocycles. The number of hydrogen-bond acceptors (Lipinski definition) is 5. The summed E-state index contributed by atoms with van der Waals surface area (Å²) in [6.45, 7) is 6.33. The third-order valence-electron chi connectivity index (χ3n) is 3.99. The van der Waals surface area contributed by atoms with Crippen molar-refractivity contribution in [3.8, 4) is 11.4 Å². The maximum Gasteiger partial charge on any atom is 0.237 e. The predicted molar refractivity (Wildman–Crippen MR) is 108 cm³/mol. The minimum absolute atomic E-state index is 0.119. The molecule has 1 N–H and O–H groups in total. The SMILES string of the molecule is CCOc1ccccc1NC(=O)C(C)Sc1nncn1-c1ccccc1C. The number of aryl methyl sites for hydroxylation is 1. The number of hydrogen-bond donors (Lipinski definition) is 1. The molecule has 1 aromatic heterocycles. The van der Waals surface area contributed by atoms with Gasteiger partial charge in [-0.25, -0.2) is 0 Å². The molecule has 1 unspecified atom stereocenters. The molecule has 0 aliphatic rings. The monoisotopic (exact) mass is 382 g/mol. The Morgan fingerprint density at radius 3 is 2.74 bits per heavy atom. The van der Waals surface area contributed by atoms with Crippen molar-refractivity contribution in [2.75, 3.05) is 11.9 Å². The number of amides is 1. The van der Waals surface area contributed by atoms with E-state index in [0.29, 0.717) is 23.2 Å². The number of nitrogens with zero attached hydrogens (tertiary/aromatic N) is 3. The van der Waals surface area contributed by atoms with Crippen molar-refractivity contribution in [2.45, 2.75) is 31.2 Å². The summed E-state index contributed by atoms with van der Waals surface area (Å²) >= 11 is 1.36. The maximum absolute atomic E-state index is 12.7. The second-order valence-corrected chi connectivity index (χ2v) is 7.26. The van der Waals surface area contributed by atoms with Crippen molar-refractivity contribution < 1.29 is 9.53 Å². The minimum Gasteiger partial charge on any atom is -0.492 e. The van der Waals surface area contributed by atoms with Crippen LogP contribution in [-0.2, 0) is 4.79 Å². The average molecular weight is 382 g/mol. The summed E-state index contributed by atoms with van der Waals surface area (Å²) in [5, 5.41) is 11.4. The summed E-state index contributed by atoms with van der Waals surface area (Å²) in [6, 6.07) is 15.4. The number of carbonyl (C=O) groups is 1. The summed E-state index contributed by atoms with van der Waals surface area (Å²) in [6.07, 6.45) is 1.67. The number of para-hydroxylation sites is 3. The topological polar surface area (TPSA) is 69.0 Å². The second kappa shape index (κ2) is 8.73. The molecule has 3 rings (SSSR count). The standard InChI is InChI=1S/C20H22N4O2S/c1-4-26-18-12-8-6-10-16(18)22-19(25)15(3)27-20-23-21-13-24(20)17-11-7-5-9-14(17)2/h5-13,15H,4H2,1-3H3,(H,22,25). The summed E-state index contributed by atoms with van der Waals surface area (Å²) in [5.74, 6) is 0.542. The van der Waals surface area contributed by atoms with E-state index in [1.165, 1.54) is 11.8 Å². The van der Waals surface area contributed by atoms with Crippen LogP contribution in [0.15, 0.2) is 60.0 Å². The zero-order chi connectivity index (χ0) is 19.2. The summed E-state index contributed by atoms with van der Waals surface area (Å²) in [7, 11) is 0. The first-order valence-electron chi connectivity index (χ1n) is 8.75. The Morgan fingerprint density at radius 2 is 1.96 bits per heavy atom. The molecule has 3 aromatic rings. The molecule has 0 spiro atoms. The molecule has 0 aliphatic carbocycles. The van der Waals surface area contributed by atoms with Gasteiger partial charge in [-0.3, -0.25) is 9.36 Å². The highest BCUT2D eigenvalue weighted by Crippen LogP contribution is 2.28. The van der Waals surface area contributed by atoms with Gasteiger partial charge in [0, 0.05) is 0 Å². The summed E-state index contributed by atoms with van der Waals surface area (Å²) in [5.41, 5.74) is 2.78. The lowest BCUT2D eigenvalue weighted by Crippen LogP contribution is -2.23. The van der Waals surface area contributed by atoms with E-state index in [1.54, 1.807) is 6.33 Å². The van der Waals surface area contributed by atoms with Crippen molar-refractivity contribution in [3.05, 3.63) is 60.4 Å². The largest absolute Gasteiger partial charge is 0.492 e. The Balaban J connectivity index is 1.73. The number of benzene rings is 2. The van der Waals surface area contributed by atoms with Crippen LogP contribution < -0.4 is 10.1 Å². The van der Waals surface area contributed by atoms with E-state index < -0.39 is 0 Å². The Hall–Kier alpha value is -2.80. The van der Waals surface area contributed by atoms with Gasteiger partial charge in [0.05, 0.1) is 23.2 Å². The maximum atomic E-state index is 12.7. The minimum atomic E-state index is -0.355. The van der Waals surface area contributed by atoms with E-state index in [0.717, 1.165) is 11.3 Å². The summed E-state index contributed by atoms with van der Waals surface area (Å²) < 4.78 is 7.47. The van der Waals surface area contributed by atoms with Gasteiger partial charge in [0.2, 0.25) is 5.91 Å². The van der Waals surface area contributed by atoms with Crippen molar-refractivity contribution in [1.82, 2.24) is 14.8 Å². The molecule has 140 valence electrons. The molecule has 1 atom stereocenters. The average Bonchev–Trinajstić information content (AvgIpc) is 3.11. The molecular formula is C20H22N4O2S. The molecule has 0 bridgehead atoms. The number of ether oxygens (including phenoxy) is 1. The Kier molecular flexibility index (Phi) is 6.13. The van der Waals surface area contributed by atoms with E-state index in [1.807, 2.05) is 73.9 Å². The summed E-state index contributed by atoms with van der Waals surface area (Å²) in [4.78, 5) is 12.7. The predicted octanol–water partition coefficient (Wildman–Crippen LogP) is 4.09. The van der Waals surface area contributed by atoms with Crippen molar-refractivity contribution in [2.24, 2.45) is 0 Å². The first-order chi connectivity index (χ1) is 13.1. The quantitative estimate of drug-likeness (QED) is 0.623. The van der Waals surface area contributed by atoms with Crippen LogP contribution in [0.5, 0.6) is 5.75 Å². The van der Waals surface area contributed by atoms with Crippen LogP contribution in [0.3, 0.4) is 0 Å². The fourth-order valence-electron chi connectivity index (χ4n) is 2.60. The zero-order valence-electron chi connectivity index (χ0n) is 15.5. The van der Waals surface area contributed by atoms with E-state index >= 15 is 0 Å². The second-order valence-electron chi connectivity index (χ2n) is 5.95. The van der Waals surface area contributed by atoms with Crippen molar-refractivity contribution >= 4 is 23.4 Å². The van der Waals surface area contributed by atoms with Crippen LogP contribution in [0.4, 0.5) is 5.69 Å². The third kappa shape index (κ3) is 4.49. The van der Waals surface area contributed by atoms with E-state index in [-0.39, 0.29) is 11.2 Å². The zero-order valence-corrected chi connectivity index (χ0v) is 16.4. The van der Waals surface area contributed by atoms with Gasteiger partial charge < -0.3 is 10.1 Å². The van der Waals surface area contributed by atoms with Crippen LogP contribution >= 0.6 is 11.8 Å². The van der Waals surface area contributed by atoms with Crippen LogP contribution in [0, 0.1) is 6.92 Å². The highest BCUT2D eigenvalue weighted by molar-refractivity contribution is 8.00. The van der Waals surface area contributed by atoms with Gasteiger partial charge in [0.1, 0.15) is 12.1 Å². The number of nitrogens with one attached hydrogen (secondary N) is 1. The molecule has 0 aliphatic heterocycles. The first-order valence-corrected chi connectivity index (χ1v) is 9.63. The number of carbonyl (C=O) groups excluding carboxylic acids is 1. The van der Waals surface area contributed by atoms with Gasteiger partial charge in [-0.15, -0.1) is 10.2 Å². The fraction of sp³-hybridized carbons (Fsp3) is 0.250. The highest BCUT2D eigenvalue weighted by Gasteiger charge is 2.20. The first kappa shape index (κ1) is 19.0. The number of thioether (sulfide) groups is 1. The molecule has 0 saturated carbocycles. The molecule has 6 nitrogen and oxygen atoms in total. The molecule has 2 aromatic carbocycles. The normalized spacial score (nSPS) is 11.8. The third-order valence-corrected chi connectivity index (χ3v) is 5.04. The van der Waals surface area contributed by atoms with Gasteiger partial charge in [0.25, 0.3) is 0 Å². The van der Waals surface area contributed by atoms with Gasteiger partial charge in [-0.1, -0.05) is 42.1 Å². The number of aromatic nitrogens is 3. The number of anilines is 1. The van der Waals surface area contributed by atoms with E-state index in [2.05, 4.69) is 15.5 Å². The molecule has 0 saturated heterocycles. The van der Waals surface area contributed by atoms with Crippen LogP contribution in [0.25, 0.3) is 5.69 Å². The lowest BCUT2D eigenvalue weighted by atomic mass is 10.2. The lowest BCUT2D eigenvalue weighted by Gasteiger charge is -2.15. The highest BCUT2D eigenvalue weighted by atomic mass is 32.2.